The minimum absolute atomic E-state index is 0.00433. The van der Waals surface area contributed by atoms with E-state index in [4.69, 9.17) is 68.6 Å². The lowest BCUT2D eigenvalue weighted by Crippen LogP contribution is -2.44. The summed E-state index contributed by atoms with van der Waals surface area (Å²) in [4.78, 5) is 99.3. The highest BCUT2D eigenvalue weighted by Gasteiger charge is 2.31. The fourth-order valence-corrected chi connectivity index (χ4v) is 9.52. The van der Waals surface area contributed by atoms with Crippen LogP contribution in [0, 0.1) is 0 Å². The molecule has 478 valence electrons. The molecule has 20 N–H and O–H groups in total. The first kappa shape index (κ1) is 68.7. The number of methoxy groups -OCH3 is 2. The first-order valence-electron chi connectivity index (χ1n) is 28.7. The summed E-state index contributed by atoms with van der Waals surface area (Å²) in [6.07, 6.45) is 3.90. The minimum atomic E-state index is -0.513. The molecule has 2 aliphatic carbocycles. The van der Waals surface area contributed by atoms with Gasteiger partial charge in [0.1, 0.15) is 60.9 Å². The van der Waals surface area contributed by atoms with E-state index in [1.165, 1.54) is 50.6 Å². The summed E-state index contributed by atoms with van der Waals surface area (Å²) in [5.41, 5.74) is 39.3. The molecule has 2 fully saturated rings. The van der Waals surface area contributed by atoms with Gasteiger partial charge in [-0.15, -0.1) is 0 Å². The Morgan fingerprint density at radius 3 is 0.920 bits per heavy atom. The second-order valence-electron chi connectivity index (χ2n) is 21.2. The lowest BCUT2D eigenvalue weighted by molar-refractivity contribution is 0.0882. The van der Waals surface area contributed by atoms with Crippen LogP contribution < -0.4 is 100 Å². The summed E-state index contributed by atoms with van der Waals surface area (Å²) in [6.45, 7) is 2.33. The molecule has 0 radical (unpaired) electrons. The Hall–Kier alpha value is -9.03. The van der Waals surface area contributed by atoms with Gasteiger partial charge >= 0.3 is 0 Å². The maximum atomic E-state index is 14.2. The van der Waals surface area contributed by atoms with Crippen LogP contribution in [-0.2, 0) is 0 Å². The van der Waals surface area contributed by atoms with Crippen LogP contribution in [0.5, 0.6) is 34.5 Å². The molecule has 0 aliphatic heterocycles. The Morgan fingerprint density at radius 1 is 0.414 bits per heavy atom. The molecular weight excluding hydrogens is 1130 g/mol. The number of likely N-dealkylation sites (N-methyl/N-ethyl adjacent to an activating group) is 2. The highest BCUT2D eigenvalue weighted by Crippen LogP contribution is 2.34. The molecule has 30 heteroatoms. The molecule has 0 unspecified atom stereocenters. The van der Waals surface area contributed by atoms with Gasteiger partial charge in [0.15, 0.2) is 17.9 Å². The Kier molecular flexibility index (Phi) is 27.5. The van der Waals surface area contributed by atoms with E-state index >= 15 is 0 Å². The van der Waals surface area contributed by atoms with Gasteiger partial charge in [-0.05, 0) is 97.8 Å². The van der Waals surface area contributed by atoms with Gasteiger partial charge < -0.3 is 110 Å². The fraction of sp³-hybridized carbons (Fsp3) is 0.526. The van der Waals surface area contributed by atoms with Crippen molar-refractivity contribution in [2.45, 2.75) is 75.5 Å². The Morgan fingerprint density at radius 2 is 0.667 bits per heavy atom. The zero-order valence-corrected chi connectivity index (χ0v) is 50.6. The van der Waals surface area contributed by atoms with Crippen LogP contribution in [-0.4, -0.2) is 208 Å². The van der Waals surface area contributed by atoms with Crippen molar-refractivity contribution < 1.29 is 57.2 Å². The predicted molar refractivity (Wildman–Crippen MR) is 329 cm³/mol. The van der Waals surface area contributed by atoms with E-state index < -0.39 is 35.4 Å². The van der Waals surface area contributed by atoms with Gasteiger partial charge in [0.2, 0.25) is 0 Å². The summed E-state index contributed by atoms with van der Waals surface area (Å²) < 4.78 is 35.0. The molecule has 6 amide bonds. The van der Waals surface area contributed by atoms with Gasteiger partial charge in [-0.3, -0.25) is 43.7 Å². The number of rotatable bonds is 33. The number of nitrogens with two attached hydrogens (primary N) is 7. The van der Waals surface area contributed by atoms with Crippen molar-refractivity contribution in [3.8, 4) is 34.5 Å². The molecule has 0 heterocycles. The van der Waals surface area contributed by atoms with Crippen LogP contribution in [0.1, 0.15) is 114 Å². The first-order valence-corrected chi connectivity index (χ1v) is 28.7. The van der Waals surface area contributed by atoms with Crippen LogP contribution in [0.3, 0.4) is 0 Å². The SMILES string of the molecule is COc1cc(OC)c(C(=O)NC2CCC(NC(=O)c3cc(C(=O)NCCN(C)C)c(OCCN=C(N)N)cc3OCCN=C(N)N)CC2)cc1C(=O)NC1CCC(NC(=O)c2cc(C(=O)NCCN(C)C)c(OCCN)cc2OCCN=C(N)N)CC1. The number of nitrogens with one attached hydrogen (secondary N) is 6. The Balaban J connectivity index is 1.24. The Bertz CT molecular complexity index is 2910. The van der Waals surface area contributed by atoms with Gasteiger partial charge in [0, 0.05) is 75.1 Å². The van der Waals surface area contributed by atoms with E-state index in [0.717, 1.165) is 0 Å². The van der Waals surface area contributed by atoms with Gasteiger partial charge in [-0.1, -0.05) is 0 Å². The number of amides is 6. The maximum Gasteiger partial charge on any atom is 0.255 e. The van der Waals surface area contributed by atoms with Crippen LogP contribution in [0.25, 0.3) is 0 Å². The largest absolute Gasteiger partial charge is 0.496 e. The molecule has 5 rings (SSSR count). The molecular formula is C57H88N18O12. The van der Waals surface area contributed by atoms with Crippen molar-refractivity contribution >= 4 is 53.3 Å². The number of carbonyl (C=O) groups is 6. The van der Waals surface area contributed by atoms with Crippen molar-refractivity contribution in [1.82, 2.24) is 41.7 Å². The number of hydrogen-bond donors (Lipinski definition) is 13. The zero-order chi connectivity index (χ0) is 63.6. The van der Waals surface area contributed by atoms with Crippen LogP contribution in [0.2, 0.25) is 0 Å². The number of carbonyl (C=O) groups excluding carboxylic acids is 6. The number of ether oxygens (including phenoxy) is 6. The van der Waals surface area contributed by atoms with E-state index in [1.807, 2.05) is 38.0 Å². The van der Waals surface area contributed by atoms with E-state index in [9.17, 15) is 28.8 Å². The van der Waals surface area contributed by atoms with Gasteiger partial charge in [-0.2, -0.15) is 0 Å². The molecule has 2 aliphatic rings. The molecule has 0 bridgehead atoms. The van der Waals surface area contributed by atoms with Crippen LogP contribution in [0.4, 0.5) is 0 Å². The third-order valence-corrected chi connectivity index (χ3v) is 13.9. The molecule has 2 saturated carbocycles. The van der Waals surface area contributed by atoms with Gasteiger partial charge in [0.05, 0.1) is 67.2 Å². The monoisotopic (exact) mass is 1220 g/mol. The van der Waals surface area contributed by atoms with Crippen molar-refractivity contribution in [2.75, 3.05) is 121 Å². The number of benzene rings is 3. The molecule has 87 heavy (non-hydrogen) atoms. The van der Waals surface area contributed by atoms with Gasteiger partial charge in [-0.25, -0.2) is 0 Å². The average molecular weight is 1220 g/mol. The average Bonchev–Trinajstić information content (AvgIpc) is 1.38. The second-order valence-corrected chi connectivity index (χ2v) is 21.2. The van der Waals surface area contributed by atoms with E-state index in [2.05, 4.69) is 46.9 Å². The highest BCUT2D eigenvalue weighted by molar-refractivity contribution is 6.05. The molecule has 0 aromatic heterocycles. The van der Waals surface area contributed by atoms with E-state index in [0.29, 0.717) is 77.5 Å². The molecule has 0 atom stereocenters. The smallest absolute Gasteiger partial charge is 0.255 e. The van der Waals surface area contributed by atoms with Crippen molar-refractivity contribution in [3.63, 3.8) is 0 Å². The number of aliphatic imine (C=N–C) groups is 3. The zero-order valence-electron chi connectivity index (χ0n) is 50.6. The van der Waals surface area contributed by atoms with Crippen molar-refractivity contribution in [1.29, 1.82) is 0 Å². The topological polar surface area (TPSA) is 456 Å². The molecule has 30 nitrogen and oxygen atoms in total. The van der Waals surface area contributed by atoms with Gasteiger partial charge in [0.25, 0.3) is 35.4 Å². The lowest BCUT2D eigenvalue weighted by Gasteiger charge is -2.30. The van der Waals surface area contributed by atoms with Crippen molar-refractivity contribution in [3.05, 3.63) is 69.8 Å². The standard InChI is InChI=1S/C57H88N18O12/c1-74(2)21-16-65-49(76)39-28-41(47(31-45(39)84-23-15-58)86-25-19-68-56(61)62)53(80)72-35-11-7-33(8-12-35)70-51(78)37-27-38(44(83-6)30-43(37)82-5)52(79)71-34-9-13-36(14-10-34)73-54(81)42-29-40(50(77)66-17-22-75(3)4)46(85-24-18-67-55(59)60)32-48(42)87-26-20-69-57(63)64/h27-36H,7-26,58H2,1-6H3,(H,65,76)(H,66,77)(H,70,78)(H,71,79)(H,72,80)(H,73,81)(H4,59,60,67)(H4,61,62,68)(H4,63,64,69). The molecule has 0 spiro atoms. The number of nitrogens with zero attached hydrogens (tertiary/aromatic N) is 5. The molecule has 3 aromatic carbocycles. The summed E-state index contributed by atoms with van der Waals surface area (Å²) >= 11 is 0. The normalized spacial score (nSPS) is 16.2. The second kappa shape index (κ2) is 34.8. The molecule has 3 aromatic rings. The van der Waals surface area contributed by atoms with Crippen LogP contribution >= 0.6 is 0 Å². The fourth-order valence-electron chi connectivity index (χ4n) is 9.52. The first-order chi connectivity index (χ1) is 41.6. The Labute approximate surface area is 506 Å². The third kappa shape index (κ3) is 22.1. The summed E-state index contributed by atoms with van der Waals surface area (Å²) in [7, 11) is 10.3. The van der Waals surface area contributed by atoms with Crippen LogP contribution in [0.15, 0.2) is 51.4 Å². The minimum Gasteiger partial charge on any atom is -0.496 e. The maximum absolute atomic E-state index is 14.2. The van der Waals surface area contributed by atoms with E-state index in [-0.39, 0.29) is 163 Å². The highest BCUT2D eigenvalue weighted by atomic mass is 16.5. The summed E-state index contributed by atoms with van der Waals surface area (Å²) in [5.74, 6) is -2.37. The predicted octanol–water partition coefficient (Wildman–Crippen LogP) is -1.48. The quantitative estimate of drug-likeness (QED) is 0.0188. The van der Waals surface area contributed by atoms with Crippen molar-refractivity contribution in [2.24, 2.45) is 55.1 Å². The molecule has 0 saturated heterocycles. The summed E-state index contributed by atoms with van der Waals surface area (Å²) in [6, 6.07) is 7.47. The third-order valence-electron chi connectivity index (χ3n) is 13.9. The number of guanidine groups is 3. The number of hydrogen-bond acceptors (Lipinski definition) is 18. The lowest BCUT2D eigenvalue weighted by atomic mass is 9.90. The summed E-state index contributed by atoms with van der Waals surface area (Å²) in [5, 5.41) is 18.1. The van der Waals surface area contributed by atoms with E-state index in [1.54, 1.807) is 0 Å².